The van der Waals surface area contributed by atoms with Crippen molar-refractivity contribution in [2.45, 2.75) is 12.0 Å². The molecule has 1 aromatic carbocycles. The van der Waals surface area contributed by atoms with Gasteiger partial charge in [-0.15, -0.1) is 0 Å². The lowest BCUT2D eigenvalue weighted by Crippen LogP contribution is -2.33. The van der Waals surface area contributed by atoms with Gasteiger partial charge < -0.3 is 10.4 Å². The molecule has 1 amide bonds. The van der Waals surface area contributed by atoms with Crippen LogP contribution in [0.25, 0.3) is 0 Å². The van der Waals surface area contributed by atoms with Crippen LogP contribution in [0.1, 0.15) is 12.0 Å². The molecule has 82 valence electrons. The van der Waals surface area contributed by atoms with Crippen molar-refractivity contribution in [1.29, 1.82) is 5.26 Å². The minimum absolute atomic E-state index is 0.269. The van der Waals surface area contributed by atoms with Gasteiger partial charge in [0.05, 0.1) is 18.2 Å². The number of fused-ring (bicyclic) bond motifs is 1. The van der Waals surface area contributed by atoms with Crippen LogP contribution in [0.2, 0.25) is 0 Å². The van der Waals surface area contributed by atoms with Gasteiger partial charge in [0, 0.05) is 14.5 Å². The van der Waals surface area contributed by atoms with Gasteiger partial charge in [0.1, 0.15) is 0 Å². The SMILES string of the molecule is N#CC[C@@]1(O)C(=O)Nc2c(Br)cc(Br)cc21. The molecule has 0 unspecified atom stereocenters. The first-order valence-electron chi connectivity index (χ1n) is 4.39. The third-order valence-corrected chi connectivity index (χ3v) is 3.53. The number of aliphatic hydroxyl groups is 1. The van der Waals surface area contributed by atoms with Gasteiger partial charge in [0.15, 0.2) is 5.60 Å². The predicted octanol–water partition coefficient (Wildman–Crippen LogP) is 2.26. The molecule has 1 atom stereocenters. The Balaban J connectivity index is 2.66. The molecule has 16 heavy (non-hydrogen) atoms. The number of carbonyl (C=O) groups is 1. The van der Waals surface area contributed by atoms with Crippen LogP contribution < -0.4 is 5.32 Å². The Hall–Kier alpha value is -0.900. The van der Waals surface area contributed by atoms with E-state index in [1.807, 2.05) is 6.07 Å². The maximum Gasteiger partial charge on any atom is 0.262 e. The minimum Gasteiger partial charge on any atom is -0.374 e. The number of nitrogens with zero attached hydrogens (tertiary/aromatic N) is 1. The summed E-state index contributed by atoms with van der Waals surface area (Å²) in [5.41, 5.74) is -0.817. The lowest BCUT2D eigenvalue weighted by Gasteiger charge is -2.16. The summed E-state index contributed by atoms with van der Waals surface area (Å²) < 4.78 is 1.39. The number of halogens is 2. The molecule has 0 radical (unpaired) electrons. The summed E-state index contributed by atoms with van der Waals surface area (Å²) in [6.45, 7) is 0. The summed E-state index contributed by atoms with van der Waals surface area (Å²) in [7, 11) is 0. The summed E-state index contributed by atoms with van der Waals surface area (Å²) in [6, 6.07) is 5.21. The Morgan fingerprint density at radius 3 is 2.81 bits per heavy atom. The molecule has 1 aliphatic rings. The Labute approximate surface area is 109 Å². The van der Waals surface area contributed by atoms with E-state index < -0.39 is 11.5 Å². The number of rotatable bonds is 1. The highest BCUT2D eigenvalue weighted by molar-refractivity contribution is 9.11. The summed E-state index contributed by atoms with van der Waals surface area (Å²) in [5.74, 6) is -0.567. The highest BCUT2D eigenvalue weighted by Gasteiger charge is 2.46. The van der Waals surface area contributed by atoms with Crippen LogP contribution in [0, 0.1) is 11.3 Å². The second-order valence-corrected chi connectivity index (χ2v) is 5.23. The molecule has 0 aromatic heterocycles. The number of hydrogen-bond donors (Lipinski definition) is 2. The number of hydrogen-bond acceptors (Lipinski definition) is 3. The summed E-state index contributed by atoms with van der Waals surface area (Å²) >= 11 is 6.56. The highest BCUT2D eigenvalue weighted by Crippen LogP contribution is 2.43. The largest absolute Gasteiger partial charge is 0.374 e. The van der Waals surface area contributed by atoms with E-state index in [0.29, 0.717) is 15.7 Å². The molecule has 0 saturated carbocycles. The van der Waals surface area contributed by atoms with Crippen molar-refractivity contribution < 1.29 is 9.90 Å². The van der Waals surface area contributed by atoms with Crippen molar-refractivity contribution >= 4 is 43.5 Å². The number of anilines is 1. The zero-order valence-electron chi connectivity index (χ0n) is 7.92. The van der Waals surface area contributed by atoms with Gasteiger partial charge in [-0.3, -0.25) is 4.79 Å². The second kappa shape index (κ2) is 3.84. The van der Waals surface area contributed by atoms with Crippen LogP contribution in [-0.2, 0) is 10.4 Å². The Morgan fingerprint density at radius 2 is 2.19 bits per heavy atom. The third-order valence-electron chi connectivity index (χ3n) is 2.45. The lowest BCUT2D eigenvalue weighted by molar-refractivity contribution is -0.133. The van der Waals surface area contributed by atoms with Gasteiger partial charge >= 0.3 is 0 Å². The Kier molecular flexibility index (Phi) is 2.78. The fourth-order valence-corrected chi connectivity index (χ4v) is 2.98. The fourth-order valence-electron chi connectivity index (χ4n) is 1.66. The number of nitrogens with one attached hydrogen (secondary N) is 1. The first kappa shape index (κ1) is 11.6. The normalized spacial score (nSPS) is 22.5. The molecule has 1 heterocycles. The monoisotopic (exact) mass is 344 g/mol. The van der Waals surface area contributed by atoms with E-state index in [0.717, 1.165) is 4.47 Å². The van der Waals surface area contributed by atoms with Crippen LogP contribution in [0.15, 0.2) is 21.1 Å². The Bertz CT molecular complexity index is 524. The van der Waals surface area contributed by atoms with E-state index in [1.54, 1.807) is 12.1 Å². The lowest BCUT2D eigenvalue weighted by atomic mass is 9.93. The van der Waals surface area contributed by atoms with Crippen LogP contribution >= 0.6 is 31.9 Å². The van der Waals surface area contributed by atoms with Crippen molar-refractivity contribution in [1.82, 2.24) is 0 Å². The topological polar surface area (TPSA) is 73.1 Å². The zero-order valence-corrected chi connectivity index (χ0v) is 11.1. The number of benzene rings is 1. The first-order chi connectivity index (χ1) is 7.49. The molecule has 1 aromatic rings. The van der Waals surface area contributed by atoms with Gasteiger partial charge in [-0.05, 0) is 28.1 Å². The van der Waals surface area contributed by atoms with Gasteiger partial charge in [-0.1, -0.05) is 15.9 Å². The van der Waals surface area contributed by atoms with E-state index in [1.165, 1.54) is 0 Å². The maximum absolute atomic E-state index is 11.7. The molecule has 0 fully saturated rings. The van der Waals surface area contributed by atoms with Crippen molar-refractivity contribution in [3.8, 4) is 6.07 Å². The average molecular weight is 346 g/mol. The van der Waals surface area contributed by atoms with Gasteiger partial charge in [-0.25, -0.2) is 0 Å². The summed E-state index contributed by atoms with van der Waals surface area (Å²) in [6.07, 6.45) is -0.269. The van der Waals surface area contributed by atoms with E-state index in [4.69, 9.17) is 5.26 Å². The van der Waals surface area contributed by atoms with Crippen LogP contribution in [0.5, 0.6) is 0 Å². The van der Waals surface area contributed by atoms with E-state index >= 15 is 0 Å². The molecular weight excluding hydrogens is 340 g/mol. The standard InChI is InChI=1S/C10H6Br2N2O2/c11-5-3-6-8(7(12)4-5)14-9(15)10(6,16)1-2-13/h3-4,16H,1H2,(H,14,15)/t10-/m0/s1. The van der Waals surface area contributed by atoms with Gasteiger partial charge in [-0.2, -0.15) is 5.26 Å². The molecule has 6 heteroatoms. The van der Waals surface area contributed by atoms with Crippen molar-refractivity contribution in [2.24, 2.45) is 0 Å². The van der Waals surface area contributed by atoms with E-state index in [2.05, 4.69) is 37.2 Å². The molecule has 4 nitrogen and oxygen atoms in total. The second-order valence-electron chi connectivity index (χ2n) is 3.46. The molecule has 2 N–H and O–H groups in total. The van der Waals surface area contributed by atoms with E-state index in [-0.39, 0.29) is 6.42 Å². The molecule has 0 bridgehead atoms. The van der Waals surface area contributed by atoms with Crippen molar-refractivity contribution in [3.05, 3.63) is 26.6 Å². The average Bonchev–Trinajstić information content (AvgIpc) is 2.43. The summed E-state index contributed by atoms with van der Waals surface area (Å²) in [4.78, 5) is 11.7. The maximum atomic E-state index is 11.7. The fraction of sp³-hybridized carbons (Fsp3) is 0.200. The molecule has 0 spiro atoms. The molecule has 2 rings (SSSR count). The molecular formula is C10H6Br2N2O2. The minimum atomic E-state index is -1.75. The number of nitriles is 1. The van der Waals surface area contributed by atoms with Gasteiger partial charge in [0.2, 0.25) is 0 Å². The van der Waals surface area contributed by atoms with Gasteiger partial charge in [0.25, 0.3) is 5.91 Å². The Morgan fingerprint density at radius 1 is 1.50 bits per heavy atom. The van der Waals surface area contributed by atoms with Crippen molar-refractivity contribution in [3.63, 3.8) is 0 Å². The smallest absolute Gasteiger partial charge is 0.262 e. The predicted molar refractivity (Wildman–Crippen MR) is 64.6 cm³/mol. The van der Waals surface area contributed by atoms with Crippen molar-refractivity contribution in [2.75, 3.05) is 5.32 Å². The zero-order chi connectivity index (χ0) is 11.9. The number of amides is 1. The molecule has 0 saturated heterocycles. The summed E-state index contributed by atoms with van der Waals surface area (Å²) in [5, 5.41) is 21.4. The van der Waals surface area contributed by atoms with E-state index in [9.17, 15) is 9.90 Å². The van der Waals surface area contributed by atoms with Crippen LogP contribution in [0.4, 0.5) is 5.69 Å². The quantitative estimate of drug-likeness (QED) is 0.820. The third kappa shape index (κ3) is 1.56. The molecule has 0 aliphatic carbocycles. The number of carbonyl (C=O) groups excluding carboxylic acids is 1. The molecule has 1 aliphatic heterocycles. The van der Waals surface area contributed by atoms with Crippen LogP contribution in [-0.4, -0.2) is 11.0 Å². The van der Waals surface area contributed by atoms with Crippen LogP contribution in [0.3, 0.4) is 0 Å². The first-order valence-corrected chi connectivity index (χ1v) is 5.98. The highest BCUT2D eigenvalue weighted by atomic mass is 79.9.